The number of hydrogen-bond acceptors (Lipinski definition) is 2. The Morgan fingerprint density at radius 1 is 1.31 bits per heavy atom. The lowest BCUT2D eigenvalue weighted by atomic mass is 10.2. The summed E-state index contributed by atoms with van der Waals surface area (Å²) in [4.78, 5) is 7.14. The highest BCUT2D eigenvalue weighted by atomic mass is 79.9. The molecule has 16 heavy (non-hydrogen) atoms. The van der Waals surface area contributed by atoms with Crippen LogP contribution in [0.4, 0.5) is 5.82 Å². The summed E-state index contributed by atoms with van der Waals surface area (Å²) in [5, 5.41) is 0.907. The van der Waals surface area contributed by atoms with Gasteiger partial charge in [0.2, 0.25) is 0 Å². The Labute approximate surface area is 105 Å². The molecular weight excluding hydrogens is 264 g/mol. The van der Waals surface area contributed by atoms with Crippen LogP contribution < -0.4 is 4.90 Å². The summed E-state index contributed by atoms with van der Waals surface area (Å²) in [6, 6.07) is 4.98. The number of anilines is 1. The Bertz CT molecular complexity index is 372. The molecule has 0 radical (unpaired) electrons. The third-order valence-electron chi connectivity index (χ3n) is 3.42. The minimum Gasteiger partial charge on any atom is -0.353 e. The average molecular weight is 281 g/mol. The number of alkyl halides is 1. The number of halogens is 1. The fourth-order valence-electron chi connectivity index (χ4n) is 2.17. The van der Waals surface area contributed by atoms with Gasteiger partial charge in [0.05, 0.1) is 0 Å². The van der Waals surface area contributed by atoms with E-state index in [0.29, 0.717) is 0 Å². The second kappa shape index (κ2) is 4.36. The summed E-state index contributed by atoms with van der Waals surface area (Å²) in [6.07, 6.45) is 7.46. The van der Waals surface area contributed by atoms with Crippen LogP contribution in [0.3, 0.4) is 0 Å². The van der Waals surface area contributed by atoms with Crippen molar-refractivity contribution in [1.29, 1.82) is 0 Å². The van der Waals surface area contributed by atoms with Gasteiger partial charge in [0.25, 0.3) is 0 Å². The van der Waals surface area contributed by atoms with Crippen LogP contribution in [-0.4, -0.2) is 17.6 Å². The Balaban J connectivity index is 1.84. The molecule has 0 spiro atoms. The van der Waals surface area contributed by atoms with Crippen molar-refractivity contribution < 1.29 is 0 Å². The first-order valence-corrected chi connectivity index (χ1v) is 7.27. The molecule has 0 amide bonds. The van der Waals surface area contributed by atoms with Crippen molar-refractivity contribution in [2.75, 3.05) is 11.4 Å². The molecule has 2 aliphatic carbocycles. The number of hydrogen-bond donors (Lipinski definition) is 0. The van der Waals surface area contributed by atoms with Crippen LogP contribution in [0, 0.1) is 5.92 Å². The zero-order valence-electron chi connectivity index (χ0n) is 9.40. The smallest absolute Gasteiger partial charge is 0.132 e. The van der Waals surface area contributed by atoms with E-state index in [1.165, 1.54) is 43.6 Å². The van der Waals surface area contributed by atoms with Gasteiger partial charge in [-0.15, -0.1) is 0 Å². The Morgan fingerprint density at radius 3 is 2.75 bits per heavy atom. The number of nitrogens with zero attached hydrogens (tertiary/aromatic N) is 2. The first-order chi connectivity index (χ1) is 7.88. The molecule has 2 aliphatic rings. The summed E-state index contributed by atoms with van der Waals surface area (Å²) in [5.41, 5.74) is 1.33. The molecule has 0 saturated heterocycles. The van der Waals surface area contributed by atoms with Gasteiger partial charge in [-0.05, 0) is 37.7 Å². The molecule has 0 atom stereocenters. The monoisotopic (exact) mass is 280 g/mol. The average Bonchev–Trinajstić information content (AvgIpc) is 3.16. The molecule has 0 unspecified atom stereocenters. The summed E-state index contributed by atoms with van der Waals surface area (Å²) in [6.45, 7) is 1.22. The number of rotatable bonds is 5. The van der Waals surface area contributed by atoms with Gasteiger partial charge in [0.15, 0.2) is 0 Å². The molecule has 0 N–H and O–H groups in total. The lowest BCUT2D eigenvalue weighted by Crippen LogP contribution is -2.29. The fraction of sp³-hybridized carbons (Fsp3) is 0.615. The van der Waals surface area contributed by atoms with Crippen molar-refractivity contribution in [2.24, 2.45) is 5.92 Å². The zero-order chi connectivity index (χ0) is 11.0. The SMILES string of the molecule is BrCc1cccnc1N(CC1CC1)C1CC1. The predicted octanol–water partition coefficient (Wildman–Crippen LogP) is 3.36. The quantitative estimate of drug-likeness (QED) is 0.769. The molecule has 0 bridgehead atoms. The van der Waals surface area contributed by atoms with Crippen molar-refractivity contribution in [3.8, 4) is 0 Å². The van der Waals surface area contributed by atoms with Crippen LogP contribution in [0.2, 0.25) is 0 Å². The van der Waals surface area contributed by atoms with Gasteiger partial charge in [-0.1, -0.05) is 22.0 Å². The summed E-state index contributed by atoms with van der Waals surface area (Å²) < 4.78 is 0. The van der Waals surface area contributed by atoms with E-state index in [1.807, 2.05) is 12.3 Å². The Morgan fingerprint density at radius 2 is 2.12 bits per heavy atom. The number of pyridine rings is 1. The molecule has 2 fully saturated rings. The molecular formula is C13H17BrN2. The van der Waals surface area contributed by atoms with E-state index in [-0.39, 0.29) is 0 Å². The Hall–Kier alpha value is -0.570. The van der Waals surface area contributed by atoms with Crippen molar-refractivity contribution in [1.82, 2.24) is 4.98 Å². The van der Waals surface area contributed by atoms with Gasteiger partial charge in [-0.25, -0.2) is 4.98 Å². The van der Waals surface area contributed by atoms with E-state index in [4.69, 9.17) is 0 Å². The largest absolute Gasteiger partial charge is 0.353 e. The van der Waals surface area contributed by atoms with E-state index >= 15 is 0 Å². The van der Waals surface area contributed by atoms with Crippen LogP contribution in [0.5, 0.6) is 0 Å². The topological polar surface area (TPSA) is 16.1 Å². The molecule has 1 aromatic heterocycles. The van der Waals surface area contributed by atoms with Crippen molar-refractivity contribution in [2.45, 2.75) is 37.1 Å². The maximum absolute atomic E-state index is 4.59. The molecule has 1 aromatic rings. The van der Waals surface area contributed by atoms with E-state index in [2.05, 4.69) is 31.9 Å². The molecule has 2 saturated carbocycles. The van der Waals surface area contributed by atoms with Crippen LogP contribution in [-0.2, 0) is 5.33 Å². The molecule has 0 aromatic carbocycles. The van der Waals surface area contributed by atoms with E-state index in [1.54, 1.807) is 0 Å². The van der Waals surface area contributed by atoms with E-state index in [0.717, 1.165) is 17.3 Å². The van der Waals surface area contributed by atoms with Gasteiger partial charge in [-0.3, -0.25) is 0 Å². The highest BCUT2D eigenvalue weighted by Gasteiger charge is 2.35. The van der Waals surface area contributed by atoms with Gasteiger partial charge in [0, 0.05) is 29.7 Å². The molecule has 2 nitrogen and oxygen atoms in total. The summed E-state index contributed by atoms with van der Waals surface area (Å²) in [7, 11) is 0. The van der Waals surface area contributed by atoms with Crippen LogP contribution in [0.25, 0.3) is 0 Å². The zero-order valence-corrected chi connectivity index (χ0v) is 11.0. The van der Waals surface area contributed by atoms with E-state index in [9.17, 15) is 0 Å². The lowest BCUT2D eigenvalue weighted by Gasteiger charge is -2.25. The van der Waals surface area contributed by atoms with Gasteiger partial charge in [-0.2, -0.15) is 0 Å². The van der Waals surface area contributed by atoms with E-state index < -0.39 is 0 Å². The maximum atomic E-state index is 4.59. The fourth-order valence-corrected chi connectivity index (χ4v) is 2.60. The van der Waals surface area contributed by atoms with Crippen molar-refractivity contribution >= 4 is 21.7 Å². The van der Waals surface area contributed by atoms with Crippen LogP contribution in [0.1, 0.15) is 31.2 Å². The molecule has 0 aliphatic heterocycles. The summed E-state index contributed by atoms with van der Waals surface area (Å²) in [5.74, 6) is 2.15. The highest BCUT2D eigenvalue weighted by Crippen LogP contribution is 2.38. The number of aromatic nitrogens is 1. The second-order valence-electron chi connectivity index (χ2n) is 4.95. The van der Waals surface area contributed by atoms with Crippen molar-refractivity contribution in [3.05, 3.63) is 23.9 Å². The highest BCUT2D eigenvalue weighted by molar-refractivity contribution is 9.08. The normalized spacial score (nSPS) is 19.8. The minimum absolute atomic E-state index is 0.772. The Kier molecular flexibility index (Phi) is 2.88. The summed E-state index contributed by atoms with van der Waals surface area (Å²) >= 11 is 3.56. The maximum Gasteiger partial charge on any atom is 0.132 e. The minimum atomic E-state index is 0.772. The van der Waals surface area contributed by atoms with Gasteiger partial charge < -0.3 is 4.90 Å². The third-order valence-corrected chi connectivity index (χ3v) is 4.03. The second-order valence-corrected chi connectivity index (χ2v) is 5.51. The predicted molar refractivity (Wildman–Crippen MR) is 70.0 cm³/mol. The standard InChI is InChI=1S/C13H17BrN2/c14-8-11-2-1-7-15-13(11)16(12-5-6-12)9-10-3-4-10/h1-2,7,10,12H,3-6,8-9H2. The third kappa shape index (κ3) is 2.24. The van der Waals surface area contributed by atoms with Gasteiger partial charge in [0.1, 0.15) is 5.82 Å². The first kappa shape index (κ1) is 10.6. The molecule has 86 valence electrons. The van der Waals surface area contributed by atoms with Crippen LogP contribution in [0.15, 0.2) is 18.3 Å². The van der Waals surface area contributed by atoms with Gasteiger partial charge >= 0.3 is 0 Å². The van der Waals surface area contributed by atoms with Crippen LogP contribution >= 0.6 is 15.9 Å². The van der Waals surface area contributed by atoms with Crippen molar-refractivity contribution in [3.63, 3.8) is 0 Å². The molecule has 3 rings (SSSR count). The molecule has 3 heteroatoms. The first-order valence-electron chi connectivity index (χ1n) is 6.15. The lowest BCUT2D eigenvalue weighted by molar-refractivity contribution is 0.706. The molecule has 1 heterocycles.